The smallest absolute Gasteiger partial charge is 0.387 e. The van der Waals surface area contributed by atoms with E-state index in [9.17, 15) is 8.78 Å². The highest BCUT2D eigenvalue weighted by molar-refractivity contribution is 5.85. The Labute approximate surface area is 179 Å². The zero-order valence-electron chi connectivity index (χ0n) is 16.2. The number of aromatic nitrogens is 2. The van der Waals surface area contributed by atoms with E-state index in [1.54, 1.807) is 18.5 Å². The van der Waals surface area contributed by atoms with Crippen LogP contribution in [0.5, 0.6) is 11.5 Å². The van der Waals surface area contributed by atoms with E-state index in [0.717, 1.165) is 37.5 Å². The number of benzene rings is 2. The summed E-state index contributed by atoms with van der Waals surface area (Å²) in [5.41, 5.74) is 2.21. The zero-order chi connectivity index (χ0) is 20.1. The van der Waals surface area contributed by atoms with Gasteiger partial charge >= 0.3 is 6.61 Å². The van der Waals surface area contributed by atoms with E-state index < -0.39 is 6.61 Å². The molecule has 3 aromatic rings. The van der Waals surface area contributed by atoms with Gasteiger partial charge in [0.15, 0.2) is 0 Å². The Balaban J connectivity index is 0.00000256. The molecule has 9 heteroatoms. The maximum atomic E-state index is 12.5. The molecule has 162 valence electrons. The fourth-order valence-electron chi connectivity index (χ4n) is 3.29. The molecule has 30 heavy (non-hydrogen) atoms. The second-order valence-electron chi connectivity index (χ2n) is 6.67. The first kappa shape index (κ1) is 22.3. The Kier molecular flexibility index (Phi) is 7.84. The Hall–Kier alpha value is -2.42. The fraction of sp³-hybridized carbons (Fsp3) is 0.381. The number of hydrogen-bond donors (Lipinski definition) is 0. The summed E-state index contributed by atoms with van der Waals surface area (Å²) >= 11 is 0. The molecule has 6 nitrogen and oxygen atoms in total. The van der Waals surface area contributed by atoms with Crippen LogP contribution in [0.3, 0.4) is 0 Å². The summed E-state index contributed by atoms with van der Waals surface area (Å²) in [5.74, 6) is 0.828. The molecule has 1 fully saturated rings. The number of ether oxygens (including phenoxy) is 4. The molecule has 0 spiro atoms. The quantitative estimate of drug-likeness (QED) is 0.478. The molecule has 0 unspecified atom stereocenters. The maximum Gasteiger partial charge on any atom is 0.387 e. The summed E-state index contributed by atoms with van der Waals surface area (Å²) in [6, 6.07) is 12.2. The normalized spacial score (nSPS) is 14.6. The van der Waals surface area contributed by atoms with E-state index in [0.29, 0.717) is 24.2 Å². The van der Waals surface area contributed by atoms with Crippen LogP contribution in [0.15, 0.2) is 48.8 Å². The van der Waals surface area contributed by atoms with Crippen LogP contribution in [0, 0.1) is 0 Å². The molecule has 1 aliphatic rings. The summed E-state index contributed by atoms with van der Waals surface area (Å²) in [6.07, 6.45) is 3.76. The van der Waals surface area contributed by atoms with Gasteiger partial charge in [0.1, 0.15) is 24.4 Å². The monoisotopic (exact) mass is 440 g/mol. The number of nitrogens with zero attached hydrogens (tertiary/aromatic N) is 2. The zero-order valence-corrected chi connectivity index (χ0v) is 17.0. The highest BCUT2D eigenvalue weighted by atomic mass is 35.5. The molecule has 0 saturated carbocycles. The van der Waals surface area contributed by atoms with Crippen LogP contribution >= 0.6 is 12.4 Å². The van der Waals surface area contributed by atoms with Crippen molar-refractivity contribution in [3.05, 3.63) is 48.8 Å². The number of imidazole rings is 1. The van der Waals surface area contributed by atoms with Crippen molar-refractivity contribution in [3.8, 4) is 17.2 Å². The van der Waals surface area contributed by atoms with Gasteiger partial charge in [-0.1, -0.05) is 0 Å². The van der Waals surface area contributed by atoms with Gasteiger partial charge in [0.2, 0.25) is 0 Å². The lowest BCUT2D eigenvalue weighted by Crippen LogP contribution is -2.25. The van der Waals surface area contributed by atoms with Crippen LogP contribution in [0.2, 0.25) is 0 Å². The molecule has 1 aliphatic heterocycles. The molecule has 2 heterocycles. The molecule has 0 atom stereocenters. The van der Waals surface area contributed by atoms with E-state index >= 15 is 0 Å². The highest BCUT2D eigenvalue weighted by Gasteiger charge is 2.14. The van der Waals surface area contributed by atoms with E-state index in [1.165, 1.54) is 6.07 Å². The van der Waals surface area contributed by atoms with Gasteiger partial charge in [-0.05, 0) is 49.2 Å². The van der Waals surface area contributed by atoms with Gasteiger partial charge in [-0.15, -0.1) is 12.4 Å². The second-order valence-corrected chi connectivity index (χ2v) is 6.67. The van der Waals surface area contributed by atoms with Crippen molar-refractivity contribution in [2.24, 2.45) is 0 Å². The molecule has 0 amide bonds. The number of halogens is 3. The minimum atomic E-state index is -2.87. The average Bonchev–Trinajstić information content (AvgIpc) is 3.15. The van der Waals surface area contributed by atoms with Crippen LogP contribution in [-0.4, -0.2) is 48.7 Å². The van der Waals surface area contributed by atoms with Crippen LogP contribution in [0.25, 0.3) is 16.7 Å². The van der Waals surface area contributed by atoms with E-state index in [1.807, 2.05) is 28.8 Å². The standard InChI is InChI=1S/C21H22F2N2O4.ClH/c22-21(23)29-18-5-6-19-20(13-18)25(14-24-19)15-1-3-16(4-2-15)27-11-12-28-17-7-9-26-10-8-17;/h1-6,13-14,17,21H,7-12H2;1H. The molecule has 1 saturated heterocycles. The lowest BCUT2D eigenvalue weighted by atomic mass is 10.2. The van der Waals surface area contributed by atoms with Gasteiger partial charge in [0.05, 0.1) is 23.7 Å². The summed E-state index contributed by atoms with van der Waals surface area (Å²) in [4.78, 5) is 4.31. The minimum absolute atomic E-state index is 0. The van der Waals surface area contributed by atoms with Gasteiger partial charge < -0.3 is 18.9 Å². The highest BCUT2D eigenvalue weighted by Crippen LogP contribution is 2.25. The Morgan fingerprint density at radius 3 is 2.50 bits per heavy atom. The number of hydrogen-bond acceptors (Lipinski definition) is 5. The number of alkyl halides is 2. The molecule has 2 aromatic carbocycles. The lowest BCUT2D eigenvalue weighted by Gasteiger charge is -2.22. The third-order valence-electron chi connectivity index (χ3n) is 4.73. The minimum Gasteiger partial charge on any atom is -0.491 e. The summed E-state index contributed by atoms with van der Waals surface area (Å²) < 4.78 is 48.1. The molecule has 0 aliphatic carbocycles. The predicted molar refractivity (Wildman–Crippen MR) is 110 cm³/mol. The first-order valence-electron chi connectivity index (χ1n) is 9.53. The third-order valence-corrected chi connectivity index (χ3v) is 4.73. The summed E-state index contributed by atoms with van der Waals surface area (Å²) in [6.45, 7) is -0.349. The number of rotatable bonds is 8. The van der Waals surface area contributed by atoms with Crippen molar-refractivity contribution >= 4 is 23.4 Å². The molecular weight excluding hydrogens is 418 g/mol. The van der Waals surface area contributed by atoms with Crippen molar-refractivity contribution in [2.45, 2.75) is 25.6 Å². The van der Waals surface area contributed by atoms with Gasteiger partial charge in [-0.3, -0.25) is 4.57 Å². The first-order valence-corrected chi connectivity index (χ1v) is 9.53. The van der Waals surface area contributed by atoms with E-state index in [2.05, 4.69) is 9.72 Å². The topological polar surface area (TPSA) is 54.7 Å². The largest absolute Gasteiger partial charge is 0.491 e. The van der Waals surface area contributed by atoms with Crippen LogP contribution in [0.4, 0.5) is 8.78 Å². The van der Waals surface area contributed by atoms with Gasteiger partial charge in [-0.25, -0.2) is 4.98 Å². The third kappa shape index (κ3) is 5.59. The van der Waals surface area contributed by atoms with Crippen LogP contribution in [0.1, 0.15) is 12.8 Å². The van der Waals surface area contributed by atoms with Crippen molar-refractivity contribution in [1.82, 2.24) is 9.55 Å². The molecule has 1 aromatic heterocycles. The fourth-order valence-corrected chi connectivity index (χ4v) is 3.29. The molecule has 0 bridgehead atoms. The predicted octanol–water partition coefficient (Wildman–Crippen LogP) is 4.62. The molecule has 0 N–H and O–H groups in total. The van der Waals surface area contributed by atoms with Crippen molar-refractivity contribution in [1.29, 1.82) is 0 Å². The van der Waals surface area contributed by atoms with Crippen LogP contribution in [-0.2, 0) is 9.47 Å². The van der Waals surface area contributed by atoms with Crippen molar-refractivity contribution < 1.29 is 27.7 Å². The van der Waals surface area contributed by atoms with Crippen molar-refractivity contribution in [3.63, 3.8) is 0 Å². The van der Waals surface area contributed by atoms with E-state index in [-0.39, 0.29) is 24.3 Å². The maximum absolute atomic E-state index is 12.5. The Morgan fingerprint density at radius 1 is 1.03 bits per heavy atom. The summed E-state index contributed by atoms with van der Waals surface area (Å²) in [5, 5.41) is 0. The van der Waals surface area contributed by atoms with Crippen molar-refractivity contribution in [2.75, 3.05) is 26.4 Å². The van der Waals surface area contributed by atoms with Crippen LogP contribution < -0.4 is 9.47 Å². The lowest BCUT2D eigenvalue weighted by molar-refractivity contribution is -0.0497. The molecular formula is C21H23ClF2N2O4. The first-order chi connectivity index (χ1) is 14.2. The Morgan fingerprint density at radius 2 is 1.77 bits per heavy atom. The van der Waals surface area contributed by atoms with Gasteiger partial charge in [-0.2, -0.15) is 8.78 Å². The molecule has 0 radical (unpaired) electrons. The molecule has 4 rings (SSSR count). The van der Waals surface area contributed by atoms with E-state index in [4.69, 9.17) is 14.2 Å². The van der Waals surface area contributed by atoms with Gasteiger partial charge in [0.25, 0.3) is 0 Å². The summed E-state index contributed by atoms with van der Waals surface area (Å²) in [7, 11) is 0. The SMILES string of the molecule is Cl.FC(F)Oc1ccc2ncn(-c3ccc(OCCOC4CCOCC4)cc3)c2c1. The Bertz CT molecular complexity index is 930. The second kappa shape index (κ2) is 10.6. The van der Waals surface area contributed by atoms with Gasteiger partial charge in [0, 0.05) is 25.0 Å². The average molecular weight is 441 g/mol. The number of fused-ring (bicyclic) bond motifs is 1.